The number of nitrogens with zero attached hydrogens (tertiary/aromatic N) is 3. The Balaban J connectivity index is 1.80. The summed E-state index contributed by atoms with van der Waals surface area (Å²) >= 11 is 2.57. The Bertz CT molecular complexity index is 924. The van der Waals surface area contributed by atoms with E-state index in [2.05, 4.69) is 19.9 Å². The number of aromatic nitrogens is 2. The van der Waals surface area contributed by atoms with Crippen LogP contribution in [0, 0.1) is 13.8 Å². The first-order valence-electron chi connectivity index (χ1n) is 7.57. The Morgan fingerprint density at radius 1 is 1.20 bits per heavy atom. The van der Waals surface area contributed by atoms with E-state index in [1.54, 1.807) is 6.92 Å². The maximum absolute atomic E-state index is 12.5. The summed E-state index contributed by atoms with van der Waals surface area (Å²) in [6.07, 6.45) is 0. The second kappa shape index (κ2) is 7.12. The number of amides is 1. The first kappa shape index (κ1) is 17.2. The van der Waals surface area contributed by atoms with Gasteiger partial charge in [-0.1, -0.05) is 30.3 Å². The van der Waals surface area contributed by atoms with E-state index in [4.69, 9.17) is 5.73 Å². The van der Waals surface area contributed by atoms with Gasteiger partial charge in [-0.2, -0.15) is 9.47 Å². The summed E-state index contributed by atoms with van der Waals surface area (Å²) in [5.41, 5.74) is 12.4. The van der Waals surface area contributed by atoms with E-state index in [1.807, 2.05) is 44.2 Å². The number of benzene rings is 1. The zero-order chi connectivity index (χ0) is 18.0. The molecule has 1 aromatic carbocycles. The normalized spacial score (nSPS) is 11.6. The molecule has 1 amide bonds. The van der Waals surface area contributed by atoms with Crippen molar-refractivity contribution >= 4 is 39.5 Å². The van der Waals surface area contributed by atoms with Crippen molar-refractivity contribution in [1.82, 2.24) is 14.8 Å². The quantitative estimate of drug-likeness (QED) is 0.541. The monoisotopic (exact) mass is 371 g/mol. The van der Waals surface area contributed by atoms with Gasteiger partial charge in [0.05, 0.1) is 22.7 Å². The SMILES string of the molecule is CC(=NNC(=O)c1sc(-c2ccccc2)nc1C)c1c(C)nsc1N. The molecule has 0 atom stereocenters. The Morgan fingerprint density at radius 2 is 1.92 bits per heavy atom. The molecule has 128 valence electrons. The molecule has 3 aromatic rings. The van der Waals surface area contributed by atoms with Gasteiger partial charge in [0.25, 0.3) is 5.91 Å². The van der Waals surface area contributed by atoms with Gasteiger partial charge >= 0.3 is 0 Å². The summed E-state index contributed by atoms with van der Waals surface area (Å²) in [7, 11) is 0. The number of carbonyl (C=O) groups is 1. The van der Waals surface area contributed by atoms with Crippen molar-refractivity contribution < 1.29 is 4.79 Å². The molecular weight excluding hydrogens is 354 g/mol. The highest BCUT2D eigenvalue weighted by Crippen LogP contribution is 2.27. The van der Waals surface area contributed by atoms with Crippen molar-refractivity contribution in [2.24, 2.45) is 5.10 Å². The van der Waals surface area contributed by atoms with E-state index >= 15 is 0 Å². The largest absolute Gasteiger partial charge is 0.389 e. The van der Waals surface area contributed by atoms with Crippen molar-refractivity contribution in [2.75, 3.05) is 5.73 Å². The number of nitrogens with one attached hydrogen (secondary N) is 1. The highest BCUT2D eigenvalue weighted by Gasteiger charge is 2.17. The molecule has 3 N–H and O–H groups in total. The number of nitrogens with two attached hydrogens (primary N) is 1. The molecule has 0 saturated carbocycles. The molecule has 2 heterocycles. The molecule has 0 aliphatic carbocycles. The van der Waals surface area contributed by atoms with Crippen LogP contribution in [0.1, 0.15) is 33.5 Å². The number of anilines is 1. The number of carbonyl (C=O) groups excluding carboxylic acids is 1. The lowest BCUT2D eigenvalue weighted by atomic mass is 10.2. The predicted molar refractivity (Wildman–Crippen MR) is 103 cm³/mol. The number of hydrogen-bond acceptors (Lipinski definition) is 7. The lowest BCUT2D eigenvalue weighted by Crippen LogP contribution is -2.19. The molecule has 0 saturated heterocycles. The lowest BCUT2D eigenvalue weighted by molar-refractivity contribution is 0.0958. The maximum Gasteiger partial charge on any atom is 0.283 e. The topological polar surface area (TPSA) is 93.3 Å². The van der Waals surface area contributed by atoms with E-state index in [1.165, 1.54) is 22.9 Å². The Hall–Kier alpha value is -2.58. The zero-order valence-corrected chi connectivity index (χ0v) is 15.7. The molecule has 2 aromatic heterocycles. The predicted octanol–water partition coefficient (Wildman–Crippen LogP) is 3.62. The van der Waals surface area contributed by atoms with E-state index in [0.717, 1.165) is 21.8 Å². The molecule has 0 spiro atoms. The molecule has 0 aliphatic rings. The number of thiazole rings is 1. The van der Waals surface area contributed by atoms with Gasteiger partial charge < -0.3 is 5.73 Å². The second-order valence-corrected chi connectivity index (χ2v) is 7.25. The molecule has 0 aliphatic heterocycles. The summed E-state index contributed by atoms with van der Waals surface area (Å²) < 4.78 is 4.19. The summed E-state index contributed by atoms with van der Waals surface area (Å²) in [5.74, 6) is -0.282. The second-order valence-electron chi connectivity index (χ2n) is 5.44. The molecule has 0 bridgehead atoms. The van der Waals surface area contributed by atoms with Crippen LogP contribution in [0.3, 0.4) is 0 Å². The Kier molecular flexibility index (Phi) is 4.91. The molecule has 0 radical (unpaired) electrons. The number of aryl methyl sites for hydroxylation is 2. The van der Waals surface area contributed by atoms with Crippen molar-refractivity contribution in [3.8, 4) is 10.6 Å². The molecule has 3 rings (SSSR count). The van der Waals surface area contributed by atoms with Crippen LogP contribution in [-0.2, 0) is 0 Å². The van der Waals surface area contributed by atoms with Crippen LogP contribution in [0.4, 0.5) is 5.00 Å². The smallest absolute Gasteiger partial charge is 0.283 e. The Labute approximate surface area is 153 Å². The molecule has 8 heteroatoms. The third kappa shape index (κ3) is 3.59. The number of hydrazone groups is 1. The third-order valence-electron chi connectivity index (χ3n) is 3.60. The zero-order valence-electron chi connectivity index (χ0n) is 14.0. The summed E-state index contributed by atoms with van der Waals surface area (Å²) in [4.78, 5) is 17.5. The fourth-order valence-corrected chi connectivity index (χ4v) is 4.05. The molecule has 25 heavy (non-hydrogen) atoms. The average Bonchev–Trinajstić information content (AvgIpc) is 3.16. The van der Waals surface area contributed by atoms with Gasteiger partial charge in [-0.3, -0.25) is 4.79 Å². The standard InChI is InChI=1S/C17H17N5OS2/c1-9(13-10(2)22-25-15(13)18)20-21-16(23)14-11(3)19-17(24-14)12-7-5-4-6-8-12/h4-8H,18H2,1-3H3,(H,21,23). The fraction of sp³-hybridized carbons (Fsp3) is 0.176. The van der Waals surface area contributed by atoms with Crippen LogP contribution in [0.25, 0.3) is 10.6 Å². The van der Waals surface area contributed by atoms with Crippen LogP contribution in [0.5, 0.6) is 0 Å². The minimum absolute atomic E-state index is 0.282. The van der Waals surface area contributed by atoms with E-state index in [9.17, 15) is 4.79 Å². The van der Waals surface area contributed by atoms with E-state index < -0.39 is 0 Å². The van der Waals surface area contributed by atoms with Crippen molar-refractivity contribution in [3.05, 3.63) is 52.2 Å². The third-order valence-corrected chi connectivity index (χ3v) is 5.57. The molecule has 0 fully saturated rings. The van der Waals surface area contributed by atoms with Gasteiger partial charge in [-0.05, 0) is 32.3 Å². The molecule has 0 unspecified atom stereocenters. The van der Waals surface area contributed by atoms with Gasteiger partial charge in [0.2, 0.25) is 0 Å². The van der Waals surface area contributed by atoms with Crippen LogP contribution in [0.2, 0.25) is 0 Å². The summed E-state index contributed by atoms with van der Waals surface area (Å²) in [6, 6.07) is 9.78. The van der Waals surface area contributed by atoms with Gasteiger partial charge in [0.1, 0.15) is 14.9 Å². The van der Waals surface area contributed by atoms with Crippen LogP contribution >= 0.6 is 22.9 Å². The average molecular weight is 371 g/mol. The highest BCUT2D eigenvalue weighted by molar-refractivity contribution is 7.17. The van der Waals surface area contributed by atoms with Gasteiger partial charge in [-0.15, -0.1) is 11.3 Å². The van der Waals surface area contributed by atoms with Crippen LogP contribution in [-0.4, -0.2) is 21.0 Å². The lowest BCUT2D eigenvalue weighted by Gasteiger charge is -2.02. The van der Waals surface area contributed by atoms with E-state index in [-0.39, 0.29) is 5.91 Å². The van der Waals surface area contributed by atoms with Crippen LogP contribution < -0.4 is 11.2 Å². The maximum atomic E-state index is 12.5. The number of hydrogen-bond donors (Lipinski definition) is 2. The number of rotatable bonds is 4. The summed E-state index contributed by atoms with van der Waals surface area (Å²) in [6.45, 7) is 5.48. The van der Waals surface area contributed by atoms with Crippen molar-refractivity contribution in [3.63, 3.8) is 0 Å². The minimum Gasteiger partial charge on any atom is -0.389 e. The van der Waals surface area contributed by atoms with E-state index in [0.29, 0.717) is 21.3 Å². The van der Waals surface area contributed by atoms with Crippen molar-refractivity contribution in [2.45, 2.75) is 20.8 Å². The van der Waals surface area contributed by atoms with Gasteiger partial charge in [0, 0.05) is 5.56 Å². The van der Waals surface area contributed by atoms with Gasteiger partial charge in [-0.25, -0.2) is 10.4 Å². The minimum atomic E-state index is -0.282. The first-order valence-corrected chi connectivity index (χ1v) is 9.16. The Morgan fingerprint density at radius 3 is 2.56 bits per heavy atom. The molecule has 6 nitrogen and oxygen atoms in total. The van der Waals surface area contributed by atoms with Crippen molar-refractivity contribution in [1.29, 1.82) is 0 Å². The highest BCUT2D eigenvalue weighted by atomic mass is 32.1. The van der Waals surface area contributed by atoms with Crippen LogP contribution in [0.15, 0.2) is 35.4 Å². The fourth-order valence-electron chi connectivity index (χ4n) is 2.38. The molecular formula is C17H17N5OS2. The number of nitrogen functional groups attached to an aromatic ring is 1. The van der Waals surface area contributed by atoms with Gasteiger partial charge in [0.15, 0.2) is 0 Å². The summed E-state index contributed by atoms with van der Waals surface area (Å²) in [5, 5.41) is 5.57. The first-order chi connectivity index (χ1) is 12.0.